The van der Waals surface area contributed by atoms with Crippen LogP contribution < -0.4 is 4.74 Å². The minimum atomic E-state index is 0.502. The molecule has 100 valence electrons. The number of ether oxygens (including phenoxy) is 1. The second-order valence-electron chi connectivity index (χ2n) is 4.20. The van der Waals surface area contributed by atoms with E-state index in [1.165, 1.54) is 11.3 Å². The van der Waals surface area contributed by atoms with Crippen molar-refractivity contribution in [3.63, 3.8) is 0 Å². The highest BCUT2D eigenvalue weighted by Gasteiger charge is 2.01. The van der Waals surface area contributed by atoms with Crippen molar-refractivity contribution < 1.29 is 4.74 Å². The maximum atomic E-state index is 6.11. The molecule has 0 aliphatic carbocycles. The fraction of sp³-hybridized carbons (Fsp3) is 0.250. The summed E-state index contributed by atoms with van der Waals surface area (Å²) in [5, 5.41) is 0.749. The van der Waals surface area contributed by atoms with Crippen molar-refractivity contribution in [3.8, 4) is 5.75 Å². The van der Waals surface area contributed by atoms with Crippen LogP contribution in [0.25, 0.3) is 0 Å². The van der Waals surface area contributed by atoms with E-state index in [-0.39, 0.29) is 0 Å². The minimum Gasteiger partial charge on any atom is -0.489 e. The summed E-state index contributed by atoms with van der Waals surface area (Å²) in [4.78, 5) is 1.25. The second-order valence-corrected chi connectivity index (χ2v) is 5.78. The van der Waals surface area contributed by atoms with Gasteiger partial charge in [-0.25, -0.2) is 0 Å². The van der Waals surface area contributed by atoms with Gasteiger partial charge in [-0.3, -0.25) is 0 Å². The van der Waals surface area contributed by atoms with Crippen LogP contribution in [0.15, 0.2) is 53.4 Å². The lowest BCUT2D eigenvalue weighted by Gasteiger charge is -2.09. The lowest BCUT2D eigenvalue weighted by atomic mass is 10.2. The smallest absolute Gasteiger partial charge is 0.120 e. The van der Waals surface area contributed by atoms with Gasteiger partial charge in [0.25, 0.3) is 0 Å². The number of halogens is 1. The van der Waals surface area contributed by atoms with Gasteiger partial charge >= 0.3 is 0 Å². The van der Waals surface area contributed by atoms with Crippen LogP contribution in [0.5, 0.6) is 5.75 Å². The van der Waals surface area contributed by atoms with E-state index in [9.17, 15) is 0 Å². The third kappa shape index (κ3) is 4.48. The molecule has 0 aromatic heterocycles. The van der Waals surface area contributed by atoms with Gasteiger partial charge in [0.15, 0.2) is 0 Å². The molecule has 0 saturated carbocycles. The molecule has 3 heteroatoms. The Morgan fingerprint density at radius 2 is 1.95 bits per heavy atom. The van der Waals surface area contributed by atoms with E-state index in [4.69, 9.17) is 16.3 Å². The summed E-state index contributed by atoms with van der Waals surface area (Å²) in [5.41, 5.74) is 1.01. The zero-order chi connectivity index (χ0) is 13.5. The summed E-state index contributed by atoms with van der Waals surface area (Å²) in [7, 11) is 0. The van der Waals surface area contributed by atoms with Gasteiger partial charge in [-0.05, 0) is 36.4 Å². The summed E-state index contributed by atoms with van der Waals surface area (Å²) in [6.07, 6.45) is 1.18. The first-order valence-corrected chi connectivity index (χ1v) is 7.75. The van der Waals surface area contributed by atoms with Gasteiger partial charge in [-0.15, -0.1) is 11.8 Å². The molecule has 0 unspecified atom stereocenters. The van der Waals surface area contributed by atoms with Crippen molar-refractivity contribution in [2.45, 2.75) is 24.8 Å². The van der Waals surface area contributed by atoms with Crippen molar-refractivity contribution in [3.05, 3.63) is 59.1 Å². The first kappa shape index (κ1) is 14.3. The van der Waals surface area contributed by atoms with E-state index in [2.05, 4.69) is 19.1 Å². The average molecular weight is 293 g/mol. The van der Waals surface area contributed by atoms with E-state index in [1.807, 2.05) is 48.2 Å². The van der Waals surface area contributed by atoms with Crippen LogP contribution in [-0.2, 0) is 6.61 Å². The Balaban J connectivity index is 1.98. The monoisotopic (exact) mass is 292 g/mol. The number of rotatable bonds is 6. The third-order valence-corrected chi connectivity index (χ3v) is 4.20. The van der Waals surface area contributed by atoms with Crippen LogP contribution in [0.3, 0.4) is 0 Å². The topological polar surface area (TPSA) is 9.23 Å². The molecule has 0 atom stereocenters. The van der Waals surface area contributed by atoms with E-state index in [0.717, 1.165) is 22.1 Å². The predicted molar refractivity (Wildman–Crippen MR) is 83.2 cm³/mol. The van der Waals surface area contributed by atoms with E-state index in [1.54, 1.807) is 0 Å². The first-order valence-electron chi connectivity index (χ1n) is 6.38. The molecule has 0 saturated heterocycles. The molecule has 2 rings (SSSR count). The fourth-order valence-corrected chi connectivity index (χ4v) is 2.65. The zero-order valence-corrected chi connectivity index (χ0v) is 12.5. The standard InChI is InChI=1S/C16H17ClOS/c1-2-10-19-15-8-5-7-14(11-15)18-12-13-6-3-4-9-16(13)17/h3-9,11H,2,10,12H2,1H3. The van der Waals surface area contributed by atoms with Gasteiger partial charge in [0.2, 0.25) is 0 Å². The van der Waals surface area contributed by atoms with Gasteiger partial charge in [0.05, 0.1) is 0 Å². The maximum absolute atomic E-state index is 6.11. The van der Waals surface area contributed by atoms with Gasteiger partial charge in [0, 0.05) is 15.5 Å². The molecular formula is C16H17ClOS. The second kappa shape index (κ2) is 7.46. The Labute approximate surface area is 123 Å². The van der Waals surface area contributed by atoms with Crippen molar-refractivity contribution in [2.75, 3.05) is 5.75 Å². The molecular weight excluding hydrogens is 276 g/mol. The molecule has 0 N–H and O–H groups in total. The minimum absolute atomic E-state index is 0.502. The van der Waals surface area contributed by atoms with Crippen molar-refractivity contribution in [1.82, 2.24) is 0 Å². The quantitative estimate of drug-likeness (QED) is 0.657. The fourth-order valence-electron chi connectivity index (χ4n) is 1.65. The Kier molecular flexibility index (Phi) is 5.62. The molecule has 0 aliphatic rings. The third-order valence-electron chi connectivity index (χ3n) is 2.63. The Morgan fingerprint density at radius 1 is 1.11 bits per heavy atom. The Morgan fingerprint density at radius 3 is 2.74 bits per heavy atom. The Hall–Kier alpha value is -1.12. The van der Waals surface area contributed by atoms with E-state index < -0.39 is 0 Å². The van der Waals surface area contributed by atoms with Gasteiger partial charge in [-0.2, -0.15) is 0 Å². The number of hydrogen-bond donors (Lipinski definition) is 0. The molecule has 0 aliphatic heterocycles. The van der Waals surface area contributed by atoms with Crippen LogP contribution in [0.4, 0.5) is 0 Å². The molecule has 0 radical (unpaired) electrons. The van der Waals surface area contributed by atoms with Crippen LogP contribution in [-0.4, -0.2) is 5.75 Å². The Bertz CT molecular complexity index is 528. The molecule has 0 amide bonds. The summed E-state index contributed by atoms with van der Waals surface area (Å²) in [5.74, 6) is 2.02. The molecule has 0 spiro atoms. The average Bonchev–Trinajstić information content (AvgIpc) is 2.45. The van der Waals surface area contributed by atoms with Crippen molar-refractivity contribution >= 4 is 23.4 Å². The van der Waals surface area contributed by atoms with Crippen molar-refractivity contribution in [2.24, 2.45) is 0 Å². The summed E-state index contributed by atoms with van der Waals surface area (Å²) in [6, 6.07) is 16.0. The zero-order valence-electron chi connectivity index (χ0n) is 10.9. The normalized spacial score (nSPS) is 10.4. The van der Waals surface area contributed by atoms with Gasteiger partial charge < -0.3 is 4.74 Å². The summed E-state index contributed by atoms with van der Waals surface area (Å²) < 4.78 is 5.80. The van der Waals surface area contributed by atoms with Crippen LogP contribution in [0, 0.1) is 0 Å². The number of benzene rings is 2. The molecule has 0 heterocycles. The van der Waals surface area contributed by atoms with Crippen LogP contribution >= 0.6 is 23.4 Å². The number of hydrogen-bond acceptors (Lipinski definition) is 2. The lowest BCUT2D eigenvalue weighted by molar-refractivity contribution is 0.305. The van der Waals surface area contributed by atoms with Gasteiger partial charge in [0.1, 0.15) is 12.4 Å². The van der Waals surface area contributed by atoms with E-state index >= 15 is 0 Å². The largest absolute Gasteiger partial charge is 0.489 e. The predicted octanol–water partition coefficient (Wildman–Crippen LogP) is 5.42. The first-order chi connectivity index (χ1) is 9.29. The van der Waals surface area contributed by atoms with Crippen LogP contribution in [0.2, 0.25) is 5.02 Å². The SMILES string of the molecule is CCCSc1cccc(OCc2ccccc2Cl)c1. The van der Waals surface area contributed by atoms with E-state index in [0.29, 0.717) is 6.61 Å². The summed E-state index contributed by atoms with van der Waals surface area (Å²) in [6.45, 7) is 2.69. The lowest BCUT2D eigenvalue weighted by Crippen LogP contribution is -1.96. The van der Waals surface area contributed by atoms with Gasteiger partial charge in [-0.1, -0.05) is 42.8 Å². The highest BCUT2D eigenvalue weighted by atomic mass is 35.5. The van der Waals surface area contributed by atoms with Crippen LogP contribution in [0.1, 0.15) is 18.9 Å². The molecule has 0 bridgehead atoms. The number of thioether (sulfide) groups is 1. The highest BCUT2D eigenvalue weighted by molar-refractivity contribution is 7.99. The molecule has 2 aromatic rings. The maximum Gasteiger partial charge on any atom is 0.120 e. The van der Waals surface area contributed by atoms with Crippen molar-refractivity contribution in [1.29, 1.82) is 0 Å². The molecule has 19 heavy (non-hydrogen) atoms. The highest BCUT2D eigenvalue weighted by Crippen LogP contribution is 2.24. The molecule has 0 fully saturated rings. The summed E-state index contributed by atoms with van der Waals surface area (Å²) >= 11 is 7.96. The molecule has 1 nitrogen and oxygen atoms in total. The molecule has 2 aromatic carbocycles.